The lowest BCUT2D eigenvalue weighted by molar-refractivity contribution is -0.135. The van der Waals surface area contributed by atoms with Crippen LogP contribution in [0.4, 0.5) is 0 Å². The van der Waals surface area contributed by atoms with Crippen molar-refractivity contribution in [3.63, 3.8) is 0 Å². The lowest BCUT2D eigenvalue weighted by atomic mass is 9.95. The number of nitrogens with two attached hydrogens (primary N) is 5. The van der Waals surface area contributed by atoms with Crippen LogP contribution in [0, 0.1) is 0 Å². The molecular formula is C36H52N10O8. The first-order chi connectivity index (χ1) is 25.7. The summed E-state index contributed by atoms with van der Waals surface area (Å²) in [6.45, 7) is 0.394. The normalized spacial score (nSPS) is 22.4. The number of aromatic hydroxyl groups is 1. The highest BCUT2D eigenvalue weighted by molar-refractivity contribution is 6.01. The number of amides is 6. The second-order valence-corrected chi connectivity index (χ2v) is 13.8. The molecule has 1 fully saturated rings. The second kappa shape index (κ2) is 18.8. The summed E-state index contributed by atoms with van der Waals surface area (Å²) >= 11 is 0. The zero-order valence-electron chi connectivity index (χ0n) is 30.0. The number of phenols is 1. The average molecular weight is 753 g/mol. The van der Waals surface area contributed by atoms with Gasteiger partial charge in [0.25, 0.3) is 0 Å². The van der Waals surface area contributed by atoms with Crippen LogP contribution in [0.5, 0.6) is 5.75 Å². The Bertz CT molecular complexity index is 1710. The van der Waals surface area contributed by atoms with Crippen molar-refractivity contribution in [2.24, 2.45) is 28.7 Å². The van der Waals surface area contributed by atoms with Gasteiger partial charge >= 0.3 is 0 Å². The molecule has 0 spiro atoms. The van der Waals surface area contributed by atoms with Crippen LogP contribution in [0.2, 0.25) is 0 Å². The number of rotatable bonds is 16. The minimum absolute atomic E-state index is 0.0587. The van der Waals surface area contributed by atoms with Gasteiger partial charge in [0.1, 0.15) is 29.4 Å². The minimum Gasteiger partial charge on any atom is -0.508 e. The van der Waals surface area contributed by atoms with Gasteiger partial charge in [-0.2, -0.15) is 0 Å². The van der Waals surface area contributed by atoms with E-state index in [9.17, 15) is 39.0 Å². The Morgan fingerprint density at radius 3 is 2.37 bits per heavy atom. The van der Waals surface area contributed by atoms with Gasteiger partial charge in [0.05, 0.1) is 12.1 Å². The van der Waals surface area contributed by atoms with E-state index in [-0.39, 0.29) is 70.5 Å². The molecule has 294 valence electrons. The van der Waals surface area contributed by atoms with Crippen molar-refractivity contribution in [2.75, 3.05) is 26.2 Å². The molecule has 17 N–H and O–H groups in total. The summed E-state index contributed by atoms with van der Waals surface area (Å²) in [6.07, 6.45) is -1.36. The number of carbonyl (C=O) groups is 6. The lowest BCUT2D eigenvalue weighted by Crippen LogP contribution is -2.61. The predicted molar refractivity (Wildman–Crippen MR) is 198 cm³/mol. The molecule has 1 aliphatic carbocycles. The Labute approximate surface area is 312 Å². The van der Waals surface area contributed by atoms with Gasteiger partial charge in [0, 0.05) is 44.8 Å². The first kappa shape index (κ1) is 41.6. The van der Waals surface area contributed by atoms with Crippen LogP contribution in [-0.2, 0) is 35.2 Å². The number of primary amides is 1. The summed E-state index contributed by atoms with van der Waals surface area (Å²) in [5.41, 5.74) is 29.5. The van der Waals surface area contributed by atoms with Gasteiger partial charge < -0.3 is 65.5 Å². The van der Waals surface area contributed by atoms with Crippen LogP contribution in [0.15, 0.2) is 42.5 Å². The molecule has 4 rings (SSSR count). The smallest absolute Gasteiger partial charge is 0.247 e. The van der Waals surface area contributed by atoms with Crippen molar-refractivity contribution in [1.82, 2.24) is 26.6 Å². The molecular weight excluding hydrogens is 700 g/mol. The molecule has 1 saturated carbocycles. The van der Waals surface area contributed by atoms with Crippen LogP contribution in [-0.4, -0.2) is 108 Å². The fourth-order valence-corrected chi connectivity index (χ4v) is 6.50. The Hall–Kier alpha value is -5.14. The lowest BCUT2D eigenvalue weighted by Gasteiger charge is -2.28. The van der Waals surface area contributed by atoms with Crippen molar-refractivity contribution >= 4 is 35.4 Å². The molecule has 18 heteroatoms. The van der Waals surface area contributed by atoms with Gasteiger partial charge in [0.15, 0.2) is 0 Å². The average Bonchev–Trinajstić information content (AvgIpc) is 3.88. The van der Waals surface area contributed by atoms with Crippen molar-refractivity contribution in [3.05, 3.63) is 53.6 Å². The second-order valence-electron chi connectivity index (χ2n) is 13.8. The number of hydrogen-bond acceptors (Lipinski definition) is 12. The third kappa shape index (κ3) is 10.5. The van der Waals surface area contributed by atoms with Crippen molar-refractivity contribution < 1.29 is 39.0 Å². The number of carbonyl (C=O) groups excluding carboxylic acids is 6. The van der Waals surface area contributed by atoms with E-state index < -0.39 is 77.2 Å². The highest BCUT2D eigenvalue weighted by atomic mass is 16.3. The van der Waals surface area contributed by atoms with Gasteiger partial charge in [-0.25, -0.2) is 0 Å². The molecule has 18 nitrogen and oxygen atoms in total. The zero-order valence-corrected chi connectivity index (χ0v) is 30.0. The number of hydrogen-bond donors (Lipinski definition) is 12. The Kier molecular flexibility index (Phi) is 14.5. The SMILES string of the molecule is NCCC[C@@H](NC(=O)[C@]12CC1c1cccc(c1)-c1ccc(O)c(c1)C[C@H](N)C(=O)N[C@@H](C[C@@H](O)CN)C(=O)N2)C(=O)N[C@@H](CCC(=O)NCCN)C(N)=O. The van der Waals surface area contributed by atoms with E-state index in [1.807, 2.05) is 12.1 Å². The topological polar surface area (TPSA) is 333 Å². The molecule has 1 heterocycles. The standard InChI is InChI=1S/C36H52N10O8/c37-10-2-5-27(33(52)43-26(31(41)50)7-9-30(49)42-12-11-38)45-35(54)36-17-24(36)21-4-1-3-19(13-21)20-6-8-29(48)22(14-20)15-25(40)32(51)44-28(34(53)46-36)16-23(47)18-39/h1,3-4,6,8,13-14,23-28,47-48H,2,5,7,9-12,15-18,37-40H2,(H2,41,50)(H,42,49)(H,43,52)(H,44,51)(H,45,54)(H,46,53)/t23-,24?,25+,26+,27-,28+,36+/m1/s1. The molecule has 2 aromatic rings. The van der Waals surface area contributed by atoms with Gasteiger partial charge in [-0.15, -0.1) is 0 Å². The number of aliphatic hydroxyl groups excluding tert-OH is 1. The van der Waals surface area contributed by atoms with E-state index in [4.69, 9.17) is 28.7 Å². The fourth-order valence-electron chi connectivity index (χ4n) is 6.50. The molecule has 6 amide bonds. The van der Waals surface area contributed by atoms with E-state index in [1.54, 1.807) is 24.3 Å². The maximum atomic E-state index is 14.4. The van der Waals surface area contributed by atoms with Gasteiger partial charge in [-0.1, -0.05) is 30.3 Å². The highest BCUT2D eigenvalue weighted by Crippen LogP contribution is 2.52. The molecule has 0 radical (unpaired) electrons. The van der Waals surface area contributed by atoms with E-state index in [0.717, 1.165) is 5.56 Å². The number of benzene rings is 2. The largest absolute Gasteiger partial charge is 0.508 e. The van der Waals surface area contributed by atoms with E-state index >= 15 is 0 Å². The van der Waals surface area contributed by atoms with E-state index in [0.29, 0.717) is 23.1 Å². The summed E-state index contributed by atoms with van der Waals surface area (Å²) in [6, 6.07) is 7.11. The highest BCUT2D eigenvalue weighted by Gasteiger charge is 2.62. The van der Waals surface area contributed by atoms with Gasteiger partial charge in [0.2, 0.25) is 35.4 Å². The molecule has 1 aliphatic heterocycles. The molecule has 7 atom stereocenters. The monoisotopic (exact) mass is 752 g/mol. The summed E-state index contributed by atoms with van der Waals surface area (Å²) in [7, 11) is 0. The number of fused-ring (bicyclic) bond motifs is 7. The minimum atomic E-state index is -1.62. The Morgan fingerprint density at radius 2 is 1.69 bits per heavy atom. The van der Waals surface area contributed by atoms with Crippen LogP contribution in [0.25, 0.3) is 11.1 Å². The maximum absolute atomic E-state index is 14.4. The molecule has 2 aromatic carbocycles. The summed E-state index contributed by atoms with van der Waals surface area (Å²) in [5, 5.41) is 34.2. The third-order valence-corrected chi connectivity index (χ3v) is 9.71. The Balaban J connectivity index is 1.68. The summed E-state index contributed by atoms with van der Waals surface area (Å²) < 4.78 is 0. The number of phenolic OH excluding ortho intramolecular Hbond substituents is 1. The van der Waals surface area contributed by atoms with Crippen molar-refractivity contribution in [2.45, 2.75) is 86.7 Å². The number of nitrogens with one attached hydrogen (secondary N) is 5. The summed E-state index contributed by atoms with van der Waals surface area (Å²) in [4.78, 5) is 79.7. The van der Waals surface area contributed by atoms with Crippen molar-refractivity contribution in [1.29, 1.82) is 0 Å². The van der Waals surface area contributed by atoms with Gasteiger partial charge in [-0.3, -0.25) is 28.8 Å². The number of aliphatic hydroxyl groups is 1. The quantitative estimate of drug-likeness (QED) is 0.0796. The summed E-state index contributed by atoms with van der Waals surface area (Å²) in [5.74, 6) is -4.99. The third-order valence-electron chi connectivity index (χ3n) is 9.71. The van der Waals surface area contributed by atoms with Crippen molar-refractivity contribution in [3.8, 4) is 16.9 Å². The van der Waals surface area contributed by atoms with Crippen LogP contribution in [0.1, 0.15) is 55.6 Å². The van der Waals surface area contributed by atoms with E-state index in [1.165, 1.54) is 6.07 Å². The molecule has 0 aromatic heterocycles. The molecule has 0 saturated heterocycles. The first-order valence-corrected chi connectivity index (χ1v) is 18.0. The van der Waals surface area contributed by atoms with Crippen LogP contribution >= 0.6 is 0 Å². The molecule has 2 aliphatic rings. The molecule has 1 unspecified atom stereocenters. The van der Waals surface area contributed by atoms with Crippen LogP contribution in [0.3, 0.4) is 0 Å². The van der Waals surface area contributed by atoms with E-state index in [2.05, 4.69) is 26.6 Å². The van der Waals surface area contributed by atoms with Gasteiger partial charge in [-0.05, 0) is 66.6 Å². The Morgan fingerprint density at radius 1 is 0.944 bits per heavy atom. The van der Waals surface area contributed by atoms with Crippen LogP contribution < -0.4 is 55.3 Å². The maximum Gasteiger partial charge on any atom is 0.247 e. The molecule has 4 bridgehead atoms. The predicted octanol–water partition coefficient (Wildman–Crippen LogP) is -3.47. The first-order valence-electron chi connectivity index (χ1n) is 18.0. The molecule has 54 heavy (non-hydrogen) atoms. The fraction of sp³-hybridized carbons (Fsp3) is 0.500. The zero-order chi connectivity index (χ0) is 39.6.